The van der Waals surface area contributed by atoms with Crippen LogP contribution in [-0.2, 0) is 35.6 Å². The molecule has 9 heteroatoms. The zero-order valence-corrected chi connectivity index (χ0v) is 26.0. The van der Waals surface area contributed by atoms with Crippen LogP contribution < -0.4 is 24.8 Å². The summed E-state index contributed by atoms with van der Waals surface area (Å²) in [6.07, 6.45) is -7.63. The molecule has 4 aromatic carbocycles. The monoisotopic (exact) mass is 692 g/mol. The second-order valence-electron chi connectivity index (χ2n) is 10.1. The van der Waals surface area contributed by atoms with E-state index in [-0.39, 0.29) is 46.0 Å². The molecule has 2 atom stereocenters. The Balaban J connectivity index is 0.00000202. The molecule has 0 nitrogen and oxygen atoms in total. The van der Waals surface area contributed by atoms with E-state index in [4.69, 9.17) is 0 Å². The average Bonchev–Trinajstić information content (AvgIpc) is 3.43. The van der Waals surface area contributed by atoms with Crippen molar-refractivity contribution in [2.75, 3.05) is 0 Å². The van der Waals surface area contributed by atoms with Gasteiger partial charge in [0.2, 0.25) is 0 Å². The molecule has 214 valence electrons. The molecule has 2 aliphatic rings. The first-order valence-electron chi connectivity index (χ1n) is 12.8. The number of allylic oxidation sites excluding steroid dienone is 2. The molecule has 2 unspecified atom stereocenters. The van der Waals surface area contributed by atoms with Gasteiger partial charge >= 0.3 is 240 Å². The van der Waals surface area contributed by atoms with Crippen LogP contribution in [0, 0.1) is 0 Å². The zero-order valence-electron chi connectivity index (χ0n) is 22.0. The summed E-state index contributed by atoms with van der Waals surface area (Å²) < 4.78 is 84.0. The fourth-order valence-corrected chi connectivity index (χ4v) is 10.7. The van der Waals surface area contributed by atoms with Crippen molar-refractivity contribution in [3.63, 3.8) is 0 Å². The van der Waals surface area contributed by atoms with E-state index in [2.05, 4.69) is 18.2 Å². The molecule has 0 bridgehead atoms. The summed E-state index contributed by atoms with van der Waals surface area (Å²) in [7, 11) is 0. The van der Waals surface area contributed by atoms with Crippen molar-refractivity contribution in [2.45, 2.75) is 28.8 Å². The fraction of sp³-hybridized carbons (Fsp3) is 0.152. The summed E-state index contributed by atoms with van der Waals surface area (Å²) in [5.74, 6) is -0.336. The molecule has 0 aromatic heterocycles. The van der Waals surface area contributed by atoms with E-state index >= 15 is 0 Å². The van der Waals surface area contributed by atoms with Crippen molar-refractivity contribution >= 4 is 20.5 Å². The summed E-state index contributed by atoms with van der Waals surface area (Å²) in [5.41, 5.74) is 4.39. The van der Waals surface area contributed by atoms with Crippen LogP contribution >= 0.6 is 0 Å². The minimum absolute atomic E-state index is 0. The van der Waals surface area contributed by atoms with Gasteiger partial charge in [0.1, 0.15) is 0 Å². The quantitative estimate of drug-likeness (QED) is 0.283. The number of fused-ring (bicyclic) bond motifs is 2. The van der Waals surface area contributed by atoms with Gasteiger partial charge in [-0.25, -0.2) is 0 Å². The average molecular weight is 695 g/mol. The Kier molecular flexibility index (Phi) is 9.38. The number of benzene rings is 4. The summed E-state index contributed by atoms with van der Waals surface area (Å²) in [6.45, 7) is 1.88. The number of alkyl halides is 6. The topological polar surface area (TPSA) is 0 Å². The number of rotatable bonds is 4. The van der Waals surface area contributed by atoms with E-state index in [0.29, 0.717) is 5.57 Å². The van der Waals surface area contributed by atoms with Gasteiger partial charge in [-0.05, 0) is 0 Å². The molecular formula is C33H22Cl2F6Zr. The Labute approximate surface area is 263 Å². The van der Waals surface area contributed by atoms with Crippen molar-refractivity contribution in [2.24, 2.45) is 0 Å². The number of halogens is 8. The molecular weight excluding hydrogens is 672 g/mol. The third-order valence-corrected chi connectivity index (χ3v) is 11.9. The van der Waals surface area contributed by atoms with Gasteiger partial charge < -0.3 is 24.8 Å². The van der Waals surface area contributed by atoms with Crippen molar-refractivity contribution in [3.8, 4) is 0 Å². The maximum atomic E-state index is 13.8. The van der Waals surface area contributed by atoms with Crippen molar-refractivity contribution < 1.29 is 74.4 Å². The van der Waals surface area contributed by atoms with Crippen LogP contribution in [0.4, 0.5) is 26.3 Å². The first-order valence-corrected chi connectivity index (χ1v) is 15.4. The van der Waals surface area contributed by atoms with E-state index in [1.165, 1.54) is 0 Å². The van der Waals surface area contributed by atoms with E-state index in [9.17, 15) is 26.3 Å². The molecule has 42 heavy (non-hydrogen) atoms. The van der Waals surface area contributed by atoms with E-state index < -0.39 is 46.7 Å². The summed E-state index contributed by atoms with van der Waals surface area (Å²) in [5, 5.41) is 0. The third kappa shape index (κ3) is 5.93. The molecule has 0 amide bonds. The maximum Gasteiger partial charge on any atom is -1.00 e. The van der Waals surface area contributed by atoms with Crippen LogP contribution in [0.5, 0.6) is 0 Å². The first-order chi connectivity index (χ1) is 19.0. The zero-order chi connectivity index (χ0) is 28.2. The first kappa shape index (κ1) is 32.3. The minimum atomic E-state index is -4.90. The van der Waals surface area contributed by atoms with Gasteiger partial charge in [0.05, 0.1) is 0 Å². The summed E-state index contributed by atoms with van der Waals surface area (Å²) in [6, 6.07) is 27.7. The van der Waals surface area contributed by atoms with Crippen molar-refractivity contribution in [3.05, 3.63) is 142 Å². The second-order valence-corrected chi connectivity index (χ2v) is 13.4. The van der Waals surface area contributed by atoms with Gasteiger partial charge in [-0.1, -0.05) is 0 Å². The van der Waals surface area contributed by atoms with Crippen LogP contribution in [0.15, 0.2) is 97.1 Å². The molecule has 0 spiro atoms. The van der Waals surface area contributed by atoms with E-state index in [0.717, 1.165) is 48.8 Å². The van der Waals surface area contributed by atoms with Crippen molar-refractivity contribution in [1.82, 2.24) is 0 Å². The van der Waals surface area contributed by atoms with Gasteiger partial charge in [0.15, 0.2) is 0 Å². The Morgan fingerprint density at radius 2 is 1.17 bits per heavy atom. The molecule has 0 fully saturated rings. The van der Waals surface area contributed by atoms with Crippen molar-refractivity contribution in [1.29, 1.82) is 0 Å². The molecule has 0 saturated heterocycles. The van der Waals surface area contributed by atoms with E-state index in [1.54, 1.807) is 0 Å². The smallest absolute Gasteiger partial charge is 1.00 e. The molecule has 0 heterocycles. The second kappa shape index (κ2) is 12.2. The number of hydrogen-bond acceptors (Lipinski definition) is 0. The summed E-state index contributed by atoms with van der Waals surface area (Å²) in [4.78, 5) is 0. The van der Waals surface area contributed by atoms with Gasteiger partial charge in [0.25, 0.3) is 0 Å². The standard InChI is InChI=1S/C18H11F6.C15H11.2ClH.Zr/c1-10-15-5-3-2-4-11(15)8-16(10)12-6-13(17(19,20)21)9-14(7-12)18(22,23)24;1-2-6-12(7-3-1)15-10-13-8-4-5-9-14(13)11-15;;;/h2-7,9-10H,1H3;1-11H;2*1H;/q;;;;+2/p-2. The molecule has 2 aliphatic carbocycles. The van der Waals surface area contributed by atoms with Crippen LogP contribution in [0.25, 0.3) is 20.5 Å². The predicted octanol–water partition coefficient (Wildman–Crippen LogP) is 4.10. The Bertz CT molecular complexity index is 1640. The molecule has 4 aromatic rings. The maximum absolute atomic E-state index is 13.8. The van der Waals surface area contributed by atoms with E-state index in [1.807, 2.05) is 73.7 Å². The predicted molar refractivity (Wildman–Crippen MR) is 142 cm³/mol. The van der Waals surface area contributed by atoms with Crippen LogP contribution in [0.2, 0.25) is 0 Å². The number of hydrogen-bond donors (Lipinski definition) is 0. The van der Waals surface area contributed by atoms with Crippen LogP contribution in [0.1, 0.15) is 61.0 Å². The Morgan fingerprint density at radius 1 is 0.619 bits per heavy atom. The molecule has 0 aliphatic heterocycles. The minimum Gasteiger partial charge on any atom is -1.00 e. The SMILES string of the molecule is CC1C(c2cc(C(F)(F)F)cc(C(F)(F)F)c2)=[C]([Zr+2][CH]2C(c3ccccc3)=Cc3ccccc32)c2ccccc21.[Cl-].[Cl-]. The third-order valence-electron chi connectivity index (χ3n) is 7.62. The fourth-order valence-electron chi connectivity index (χ4n) is 5.78. The summed E-state index contributed by atoms with van der Waals surface area (Å²) >= 11 is -1.70. The Hall–Kier alpha value is -2.60. The van der Waals surface area contributed by atoms with Crippen LogP contribution in [0.3, 0.4) is 0 Å². The molecule has 6 rings (SSSR count). The molecule has 0 N–H and O–H groups in total. The normalized spacial score (nSPS) is 17.5. The van der Waals surface area contributed by atoms with Gasteiger partial charge in [-0.3, -0.25) is 0 Å². The van der Waals surface area contributed by atoms with Gasteiger partial charge in [-0.15, -0.1) is 0 Å². The van der Waals surface area contributed by atoms with Gasteiger partial charge in [0, 0.05) is 0 Å². The van der Waals surface area contributed by atoms with Gasteiger partial charge in [-0.2, -0.15) is 0 Å². The molecule has 0 saturated carbocycles. The molecule has 0 radical (unpaired) electrons. The van der Waals surface area contributed by atoms with Crippen LogP contribution in [-0.4, -0.2) is 0 Å². The Morgan fingerprint density at radius 3 is 1.79 bits per heavy atom. The largest absolute Gasteiger partial charge is 1.00 e.